The molecule has 1 aliphatic heterocycles. The summed E-state index contributed by atoms with van der Waals surface area (Å²) in [7, 11) is 0. The van der Waals surface area contributed by atoms with Crippen molar-refractivity contribution in [1.29, 1.82) is 0 Å². The number of carbonyl (C=O) groups is 1. The van der Waals surface area contributed by atoms with Crippen molar-refractivity contribution < 1.29 is 4.79 Å². The molecule has 0 saturated carbocycles. The van der Waals surface area contributed by atoms with Gasteiger partial charge in [0, 0.05) is 36.3 Å². The summed E-state index contributed by atoms with van der Waals surface area (Å²) in [6, 6.07) is 10.0. The summed E-state index contributed by atoms with van der Waals surface area (Å²) < 4.78 is 0. The molecule has 3 rings (SSSR count). The van der Waals surface area contributed by atoms with Crippen molar-refractivity contribution in [1.82, 2.24) is 15.2 Å². The van der Waals surface area contributed by atoms with E-state index in [1.54, 1.807) is 6.20 Å². The van der Waals surface area contributed by atoms with E-state index < -0.39 is 0 Å². The van der Waals surface area contributed by atoms with E-state index in [1.807, 2.05) is 35.2 Å². The van der Waals surface area contributed by atoms with E-state index in [2.05, 4.69) is 24.1 Å². The van der Waals surface area contributed by atoms with Gasteiger partial charge >= 0.3 is 0 Å². The first-order valence-electron chi connectivity index (χ1n) is 8.01. The van der Waals surface area contributed by atoms with Gasteiger partial charge in [0.15, 0.2) is 0 Å². The average molecular weight is 334 g/mol. The summed E-state index contributed by atoms with van der Waals surface area (Å²) >= 11 is 0. The number of hydrogen-bond acceptors (Lipinski definition) is 3. The number of nitrogens with one attached hydrogen (secondary N) is 1. The lowest BCUT2D eigenvalue weighted by molar-refractivity contribution is 0.0667. The highest BCUT2D eigenvalue weighted by atomic mass is 35.5. The smallest absolute Gasteiger partial charge is 0.254 e. The van der Waals surface area contributed by atoms with E-state index in [-0.39, 0.29) is 18.3 Å². The molecule has 0 bridgehead atoms. The molecule has 1 amide bonds. The molecule has 0 spiro atoms. The molecule has 2 aromatic rings. The van der Waals surface area contributed by atoms with Gasteiger partial charge in [-0.1, -0.05) is 19.9 Å². The van der Waals surface area contributed by atoms with Crippen molar-refractivity contribution in [2.24, 2.45) is 5.92 Å². The van der Waals surface area contributed by atoms with Crippen LogP contribution in [-0.2, 0) is 0 Å². The average Bonchev–Trinajstić information content (AvgIpc) is 3.05. The number of hydrogen-bond donors (Lipinski definition) is 1. The molecule has 4 nitrogen and oxygen atoms in total. The number of fused-ring (bicyclic) bond motifs is 1. The van der Waals surface area contributed by atoms with Crippen molar-refractivity contribution in [3.63, 3.8) is 0 Å². The van der Waals surface area contributed by atoms with Gasteiger partial charge in [-0.05, 0) is 43.1 Å². The largest absolute Gasteiger partial charge is 0.334 e. The molecule has 1 N–H and O–H groups in total. The topological polar surface area (TPSA) is 45.2 Å². The molecule has 1 aromatic carbocycles. The van der Waals surface area contributed by atoms with Crippen LogP contribution in [0.2, 0.25) is 0 Å². The highest BCUT2D eigenvalue weighted by Gasteiger charge is 2.27. The highest BCUT2D eigenvalue weighted by Crippen LogP contribution is 2.19. The Hall–Kier alpha value is -1.65. The second-order valence-electron chi connectivity index (χ2n) is 6.41. The monoisotopic (exact) mass is 333 g/mol. The predicted octanol–water partition coefficient (Wildman–Crippen LogP) is 3.12. The van der Waals surface area contributed by atoms with E-state index in [4.69, 9.17) is 0 Å². The van der Waals surface area contributed by atoms with Crippen LogP contribution in [0, 0.1) is 5.92 Å². The number of halogens is 1. The number of pyridine rings is 1. The molecule has 124 valence electrons. The van der Waals surface area contributed by atoms with Gasteiger partial charge < -0.3 is 10.2 Å². The van der Waals surface area contributed by atoms with Crippen molar-refractivity contribution in [2.45, 2.75) is 26.3 Å². The molecule has 0 aliphatic carbocycles. The Morgan fingerprint density at radius 2 is 2.22 bits per heavy atom. The summed E-state index contributed by atoms with van der Waals surface area (Å²) in [5.74, 6) is 0.597. The fourth-order valence-corrected chi connectivity index (χ4v) is 3.07. The van der Waals surface area contributed by atoms with Crippen LogP contribution in [0.5, 0.6) is 0 Å². The molecule has 2 heterocycles. The quantitative estimate of drug-likeness (QED) is 0.935. The Morgan fingerprint density at radius 3 is 2.91 bits per heavy atom. The first-order valence-corrected chi connectivity index (χ1v) is 8.01. The molecule has 5 heteroatoms. The van der Waals surface area contributed by atoms with Crippen molar-refractivity contribution in [2.75, 3.05) is 19.6 Å². The summed E-state index contributed by atoms with van der Waals surface area (Å²) in [4.78, 5) is 19.4. The lowest BCUT2D eigenvalue weighted by atomic mass is 10.1. The van der Waals surface area contributed by atoms with Gasteiger partial charge in [-0.2, -0.15) is 0 Å². The maximum atomic E-state index is 13.0. The van der Waals surface area contributed by atoms with Crippen molar-refractivity contribution >= 4 is 29.2 Å². The maximum Gasteiger partial charge on any atom is 0.254 e. The summed E-state index contributed by atoms with van der Waals surface area (Å²) in [6.07, 6.45) is 2.81. The van der Waals surface area contributed by atoms with Crippen LogP contribution >= 0.6 is 12.4 Å². The second-order valence-corrected chi connectivity index (χ2v) is 6.41. The summed E-state index contributed by atoms with van der Waals surface area (Å²) in [5.41, 5.74) is 1.69. The van der Waals surface area contributed by atoms with E-state index in [1.165, 1.54) is 0 Å². The Balaban J connectivity index is 0.00000192. The van der Waals surface area contributed by atoms with Gasteiger partial charge in [0.25, 0.3) is 5.91 Å². The maximum absolute atomic E-state index is 13.0. The predicted molar refractivity (Wildman–Crippen MR) is 96.1 cm³/mol. The number of nitrogens with zero attached hydrogens (tertiary/aromatic N) is 2. The van der Waals surface area contributed by atoms with Crippen molar-refractivity contribution in [3.8, 4) is 0 Å². The molecule has 1 aromatic heterocycles. The van der Waals surface area contributed by atoms with Crippen LogP contribution in [0.3, 0.4) is 0 Å². The molecule has 1 fully saturated rings. The summed E-state index contributed by atoms with van der Waals surface area (Å²) in [5, 5.41) is 4.37. The SMILES string of the molecule is CC(C)CN(C(=O)c1ccc2ncccc2c1)[C@@H]1CCNC1.Cl. The molecular formula is C18H24ClN3O. The van der Waals surface area contributed by atoms with Gasteiger partial charge in [-0.15, -0.1) is 12.4 Å². The van der Waals surface area contributed by atoms with E-state index in [9.17, 15) is 4.79 Å². The third-order valence-electron chi connectivity index (χ3n) is 4.15. The highest BCUT2D eigenvalue weighted by molar-refractivity contribution is 5.98. The molecule has 1 atom stereocenters. The first-order chi connectivity index (χ1) is 10.6. The van der Waals surface area contributed by atoms with Crippen LogP contribution in [0.1, 0.15) is 30.6 Å². The van der Waals surface area contributed by atoms with Gasteiger partial charge in [0.05, 0.1) is 5.52 Å². The molecule has 0 unspecified atom stereocenters. The fraction of sp³-hybridized carbons (Fsp3) is 0.444. The van der Waals surface area contributed by atoms with Crippen LogP contribution in [0.15, 0.2) is 36.5 Å². The van der Waals surface area contributed by atoms with Crippen LogP contribution < -0.4 is 5.32 Å². The Morgan fingerprint density at radius 1 is 1.39 bits per heavy atom. The van der Waals surface area contributed by atoms with E-state index in [0.717, 1.165) is 42.5 Å². The third kappa shape index (κ3) is 4.01. The minimum atomic E-state index is 0. The van der Waals surface area contributed by atoms with Gasteiger partial charge in [-0.3, -0.25) is 9.78 Å². The zero-order chi connectivity index (χ0) is 15.5. The first kappa shape index (κ1) is 17.7. The zero-order valence-corrected chi connectivity index (χ0v) is 14.5. The lowest BCUT2D eigenvalue weighted by Crippen LogP contribution is -2.43. The number of aromatic nitrogens is 1. The van der Waals surface area contributed by atoms with Gasteiger partial charge in [0.2, 0.25) is 0 Å². The second kappa shape index (κ2) is 7.75. The van der Waals surface area contributed by atoms with Gasteiger partial charge in [-0.25, -0.2) is 0 Å². The zero-order valence-electron chi connectivity index (χ0n) is 13.7. The van der Waals surface area contributed by atoms with E-state index in [0.29, 0.717) is 12.0 Å². The minimum Gasteiger partial charge on any atom is -0.334 e. The number of benzene rings is 1. The molecule has 1 saturated heterocycles. The summed E-state index contributed by atoms with van der Waals surface area (Å²) in [6.45, 7) is 7.01. The molecule has 23 heavy (non-hydrogen) atoms. The molecular weight excluding hydrogens is 310 g/mol. The number of rotatable bonds is 4. The van der Waals surface area contributed by atoms with Crippen LogP contribution in [-0.4, -0.2) is 41.5 Å². The van der Waals surface area contributed by atoms with Crippen LogP contribution in [0.4, 0.5) is 0 Å². The molecule has 1 aliphatic rings. The Labute approximate surface area is 143 Å². The normalized spacial score (nSPS) is 17.3. The van der Waals surface area contributed by atoms with Crippen LogP contribution in [0.25, 0.3) is 10.9 Å². The Bertz CT molecular complexity index is 668. The Kier molecular flexibility index (Phi) is 5.97. The fourth-order valence-electron chi connectivity index (χ4n) is 3.07. The van der Waals surface area contributed by atoms with Gasteiger partial charge in [0.1, 0.15) is 0 Å². The molecule has 0 radical (unpaired) electrons. The van der Waals surface area contributed by atoms with E-state index >= 15 is 0 Å². The number of amides is 1. The third-order valence-corrected chi connectivity index (χ3v) is 4.15. The minimum absolute atomic E-state index is 0. The number of carbonyl (C=O) groups excluding carboxylic acids is 1. The van der Waals surface area contributed by atoms with Crippen molar-refractivity contribution in [3.05, 3.63) is 42.1 Å². The lowest BCUT2D eigenvalue weighted by Gasteiger charge is -2.30. The standard InChI is InChI=1S/C18H23N3O.ClH/c1-13(2)12-21(16-7-9-19-11-16)18(22)15-5-6-17-14(10-15)4-3-8-20-17;/h3-6,8,10,13,16,19H,7,9,11-12H2,1-2H3;1H/t16-;/m1./s1.